The van der Waals surface area contributed by atoms with E-state index in [9.17, 15) is 0 Å². The minimum atomic E-state index is -0.135. The van der Waals surface area contributed by atoms with Crippen LogP contribution in [0, 0.1) is 34.0 Å². The van der Waals surface area contributed by atoms with Gasteiger partial charge in [-0.3, -0.25) is 0 Å². The Bertz CT molecular complexity index is 451. The minimum Gasteiger partial charge on any atom is -0.317 e. The summed E-state index contributed by atoms with van der Waals surface area (Å²) in [7, 11) is 0. The highest BCUT2D eigenvalue weighted by Gasteiger charge is 2.14. The summed E-state index contributed by atoms with van der Waals surface area (Å²) < 4.78 is 1.54. The third-order valence-corrected chi connectivity index (χ3v) is 1.87. The smallest absolute Gasteiger partial charge is 0.176 e. The van der Waals surface area contributed by atoms with E-state index in [1.807, 2.05) is 18.2 Å². The summed E-state index contributed by atoms with van der Waals surface area (Å²) in [4.78, 5) is 3.78. The molecular formula is C9H7N5. The van der Waals surface area contributed by atoms with E-state index >= 15 is 0 Å². The van der Waals surface area contributed by atoms with E-state index in [-0.39, 0.29) is 23.9 Å². The lowest BCUT2D eigenvalue weighted by Gasteiger charge is -2.08. The highest BCUT2D eigenvalue weighted by atomic mass is 15.1. The maximum absolute atomic E-state index is 8.79. The first kappa shape index (κ1) is 9.77. The molecule has 0 saturated carbocycles. The van der Waals surface area contributed by atoms with Gasteiger partial charge in [0, 0.05) is 6.04 Å². The van der Waals surface area contributed by atoms with Gasteiger partial charge in [0.05, 0.1) is 18.8 Å². The quantitative estimate of drug-likeness (QED) is 0.689. The molecule has 0 aromatic carbocycles. The summed E-state index contributed by atoms with van der Waals surface area (Å²) in [5, 5.41) is 25.9. The van der Waals surface area contributed by atoms with Crippen molar-refractivity contribution in [3.8, 4) is 18.2 Å². The van der Waals surface area contributed by atoms with Crippen molar-refractivity contribution in [2.45, 2.75) is 19.4 Å². The molecule has 5 nitrogen and oxygen atoms in total. The molecule has 0 aliphatic carbocycles. The standard InChI is InChI=1S/C9H7N5/c1-7(2-3-10)14-6-13-8(4-11)9(14)5-12/h6-7H,2H2,1H3. The maximum Gasteiger partial charge on any atom is 0.176 e. The molecule has 0 saturated heterocycles. The van der Waals surface area contributed by atoms with Gasteiger partial charge in [0.25, 0.3) is 0 Å². The van der Waals surface area contributed by atoms with Gasteiger partial charge in [0.15, 0.2) is 11.4 Å². The fourth-order valence-electron chi connectivity index (χ4n) is 1.12. The first-order valence-electron chi connectivity index (χ1n) is 3.98. The van der Waals surface area contributed by atoms with Crippen LogP contribution in [-0.2, 0) is 0 Å². The monoisotopic (exact) mass is 185 g/mol. The van der Waals surface area contributed by atoms with Gasteiger partial charge in [-0.2, -0.15) is 15.8 Å². The van der Waals surface area contributed by atoms with Gasteiger partial charge in [0.1, 0.15) is 12.1 Å². The van der Waals surface area contributed by atoms with Crippen molar-refractivity contribution in [1.82, 2.24) is 9.55 Å². The molecule has 1 unspecified atom stereocenters. The van der Waals surface area contributed by atoms with Crippen molar-refractivity contribution in [2.24, 2.45) is 0 Å². The normalized spacial score (nSPS) is 11.0. The van der Waals surface area contributed by atoms with Crippen LogP contribution < -0.4 is 0 Å². The van der Waals surface area contributed by atoms with Crippen molar-refractivity contribution in [1.29, 1.82) is 15.8 Å². The van der Waals surface area contributed by atoms with Crippen LogP contribution in [0.25, 0.3) is 0 Å². The van der Waals surface area contributed by atoms with Gasteiger partial charge >= 0.3 is 0 Å². The lowest BCUT2D eigenvalue weighted by molar-refractivity contribution is 0.554. The van der Waals surface area contributed by atoms with E-state index < -0.39 is 0 Å². The van der Waals surface area contributed by atoms with Crippen LogP contribution in [0.1, 0.15) is 30.8 Å². The van der Waals surface area contributed by atoms with Crippen LogP contribution in [0.3, 0.4) is 0 Å². The van der Waals surface area contributed by atoms with Crippen LogP contribution >= 0.6 is 0 Å². The molecule has 1 aromatic heterocycles. The SMILES string of the molecule is CC(CC#N)n1cnc(C#N)c1C#N. The number of aromatic nitrogens is 2. The Morgan fingerprint density at radius 2 is 2.14 bits per heavy atom. The molecule has 1 rings (SSSR count). The Morgan fingerprint density at radius 3 is 2.64 bits per heavy atom. The summed E-state index contributed by atoms with van der Waals surface area (Å²) >= 11 is 0. The van der Waals surface area contributed by atoms with Crippen LogP contribution in [0.15, 0.2) is 6.33 Å². The second-order valence-corrected chi connectivity index (χ2v) is 2.78. The molecule has 1 atom stereocenters. The van der Waals surface area contributed by atoms with Crippen LogP contribution in [0.4, 0.5) is 0 Å². The summed E-state index contributed by atoms with van der Waals surface area (Å²) in [6, 6.07) is 5.60. The van der Waals surface area contributed by atoms with Crippen molar-refractivity contribution in [2.75, 3.05) is 0 Å². The number of nitriles is 3. The molecule has 1 aromatic rings. The molecule has 0 fully saturated rings. The lowest BCUT2D eigenvalue weighted by Crippen LogP contribution is -2.05. The summed E-state index contributed by atoms with van der Waals surface area (Å²) in [6.45, 7) is 1.80. The average molecular weight is 185 g/mol. The molecule has 5 heteroatoms. The fourth-order valence-corrected chi connectivity index (χ4v) is 1.12. The Balaban J connectivity index is 3.13. The Hall–Kier alpha value is -2.32. The van der Waals surface area contributed by atoms with Crippen LogP contribution in [0.5, 0.6) is 0 Å². The molecule has 0 radical (unpaired) electrons. The highest BCUT2D eigenvalue weighted by molar-refractivity contribution is 5.36. The molecule has 0 spiro atoms. The Labute approximate surface area is 81.4 Å². The summed E-state index contributed by atoms with van der Waals surface area (Å²) in [5.74, 6) is 0. The fraction of sp³-hybridized carbons (Fsp3) is 0.333. The third-order valence-electron chi connectivity index (χ3n) is 1.87. The Morgan fingerprint density at radius 1 is 1.43 bits per heavy atom. The van der Waals surface area contributed by atoms with Gasteiger partial charge in [0.2, 0.25) is 0 Å². The predicted octanol–water partition coefficient (Wildman–Crippen LogP) is 1.10. The molecule has 1 heterocycles. The molecule has 0 aliphatic heterocycles. The first-order chi connectivity index (χ1) is 6.74. The zero-order valence-electron chi connectivity index (χ0n) is 7.60. The summed E-state index contributed by atoms with van der Waals surface area (Å²) in [6.07, 6.45) is 1.70. The van der Waals surface area contributed by atoms with E-state index in [1.165, 1.54) is 6.33 Å². The first-order valence-corrected chi connectivity index (χ1v) is 3.98. The average Bonchev–Trinajstić information content (AvgIpc) is 2.60. The van der Waals surface area contributed by atoms with E-state index in [1.54, 1.807) is 11.5 Å². The van der Waals surface area contributed by atoms with Crippen molar-refractivity contribution in [3.05, 3.63) is 17.7 Å². The van der Waals surface area contributed by atoms with Gasteiger partial charge < -0.3 is 4.57 Å². The van der Waals surface area contributed by atoms with Crippen molar-refractivity contribution >= 4 is 0 Å². The van der Waals surface area contributed by atoms with Crippen molar-refractivity contribution < 1.29 is 0 Å². The highest BCUT2D eigenvalue weighted by Crippen LogP contribution is 2.15. The zero-order chi connectivity index (χ0) is 10.6. The van der Waals surface area contributed by atoms with Gasteiger partial charge in [-0.15, -0.1) is 0 Å². The number of rotatable bonds is 2. The lowest BCUT2D eigenvalue weighted by atomic mass is 10.2. The van der Waals surface area contributed by atoms with Gasteiger partial charge in [-0.05, 0) is 6.92 Å². The molecular weight excluding hydrogens is 178 g/mol. The van der Waals surface area contributed by atoms with Crippen LogP contribution in [-0.4, -0.2) is 9.55 Å². The number of nitrogens with zero attached hydrogens (tertiary/aromatic N) is 5. The van der Waals surface area contributed by atoms with Gasteiger partial charge in [-0.1, -0.05) is 0 Å². The minimum absolute atomic E-state index is 0.109. The van der Waals surface area contributed by atoms with E-state index in [0.717, 1.165) is 0 Å². The maximum atomic E-state index is 8.79. The second kappa shape index (κ2) is 4.07. The van der Waals surface area contributed by atoms with E-state index in [2.05, 4.69) is 4.98 Å². The molecule has 0 bridgehead atoms. The molecule has 0 amide bonds. The molecule has 68 valence electrons. The van der Waals surface area contributed by atoms with Gasteiger partial charge in [-0.25, -0.2) is 4.98 Å². The van der Waals surface area contributed by atoms with Crippen molar-refractivity contribution in [3.63, 3.8) is 0 Å². The number of hydrogen-bond acceptors (Lipinski definition) is 4. The Kier molecular flexibility index (Phi) is 2.84. The molecule has 14 heavy (non-hydrogen) atoms. The third kappa shape index (κ3) is 1.55. The largest absolute Gasteiger partial charge is 0.317 e. The summed E-state index contributed by atoms with van der Waals surface area (Å²) in [5.41, 5.74) is 0.326. The number of hydrogen-bond donors (Lipinski definition) is 0. The predicted molar refractivity (Wildman–Crippen MR) is 46.6 cm³/mol. The van der Waals surface area contributed by atoms with Crippen LogP contribution in [0.2, 0.25) is 0 Å². The van der Waals surface area contributed by atoms with E-state index in [0.29, 0.717) is 0 Å². The molecule has 0 N–H and O–H groups in total. The molecule has 0 aliphatic rings. The van der Waals surface area contributed by atoms with E-state index in [4.69, 9.17) is 15.8 Å². The second-order valence-electron chi connectivity index (χ2n) is 2.78. The topological polar surface area (TPSA) is 89.2 Å². The number of imidazole rings is 1. The zero-order valence-corrected chi connectivity index (χ0v) is 7.60.